The molecular formula is C22H29N9O. The molecule has 168 valence electrons. The van der Waals surface area contributed by atoms with Gasteiger partial charge in [-0.25, -0.2) is 0 Å². The maximum atomic E-state index is 5.46. The molecule has 6 rings (SSSR count). The largest absolute Gasteiger partial charge is 0.359 e. The Morgan fingerprint density at radius 1 is 1.19 bits per heavy atom. The fourth-order valence-electron chi connectivity index (χ4n) is 4.55. The molecule has 5 heterocycles. The minimum Gasteiger partial charge on any atom is -0.359 e. The highest BCUT2D eigenvalue weighted by molar-refractivity contribution is 5.61. The van der Waals surface area contributed by atoms with Gasteiger partial charge < -0.3 is 25.4 Å². The normalized spacial score (nSPS) is 22.2. The Balaban J connectivity index is 1.24. The number of piperazine rings is 1. The maximum Gasteiger partial charge on any atom is 0.227 e. The van der Waals surface area contributed by atoms with Gasteiger partial charge in [-0.15, -0.1) is 0 Å². The highest BCUT2D eigenvalue weighted by Crippen LogP contribution is 2.39. The quantitative estimate of drug-likeness (QED) is 0.423. The van der Waals surface area contributed by atoms with Crippen LogP contribution in [0.4, 0.5) is 23.4 Å². The Labute approximate surface area is 186 Å². The van der Waals surface area contributed by atoms with E-state index in [4.69, 9.17) is 14.5 Å². The van der Waals surface area contributed by atoms with Gasteiger partial charge in [0.2, 0.25) is 5.95 Å². The van der Waals surface area contributed by atoms with Crippen molar-refractivity contribution in [3.8, 4) is 0 Å². The summed E-state index contributed by atoms with van der Waals surface area (Å²) in [5.74, 6) is 4.71. The first-order valence-electron chi connectivity index (χ1n) is 11.5. The molecule has 2 atom stereocenters. The summed E-state index contributed by atoms with van der Waals surface area (Å²) >= 11 is 0. The van der Waals surface area contributed by atoms with E-state index >= 15 is 0 Å². The zero-order chi connectivity index (χ0) is 21.7. The lowest BCUT2D eigenvalue weighted by atomic mass is 10.1. The summed E-state index contributed by atoms with van der Waals surface area (Å²) in [6, 6.07) is 7.09. The molecule has 10 heteroatoms. The van der Waals surface area contributed by atoms with Crippen LogP contribution in [0.2, 0.25) is 0 Å². The topological polar surface area (TPSA) is 120 Å². The van der Waals surface area contributed by atoms with Gasteiger partial charge in [0.05, 0.1) is 12.2 Å². The molecule has 0 radical (unpaired) electrons. The van der Waals surface area contributed by atoms with Crippen LogP contribution in [0.15, 0.2) is 22.7 Å². The van der Waals surface area contributed by atoms with E-state index in [9.17, 15) is 0 Å². The van der Waals surface area contributed by atoms with Crippen LogP contribution in [-0.2, 0) is 6.54 Å². The third kappa shape index (κ3) is 3.90. The minimum atomic E-state index is 0.330. The number of anilines is 4. The summed E-state index contributed by atoms with van der Waals surface area (Å²) in [6.45, 7) is 6.64. The van der Waals surface area contributed by atoms with Gasteiger partial charge in [0.25, 0.3) is 0 Å². The average molecular weight is 436 g/mol. The van der Waals surface area contributed by atoms with Crippen molar-refractivity contribution in [2.24, 2.45) is 0 Å². The number of rotatable bonds is 8. The molecule has 0 spiro atoms. The molecule has 2 unspecified atom stereocenters. The zero-order valence-corrected chi connectivity index (χ0v) is 18.4. The Bertz CT molecular complexity index is 1100. The summed E-state index contributed by atoms with van der Waals surface area (Å²) in [4.78, 5) is 11.9. The Hall–Kier alpha value is -3.14. The van der Waals surface area contributed by atoms with Crippen LogP contribution in [0, 0.1) is 0 Å². The summed E-state index contributed by atoms with van der Waals surface area (Å²) in [5.41, 5.74) is 2.14. The Morgan fingerprint density at radius 2 is 2.09 bits per heavy atom. The second-order valence-corrected chi connectivity index (χ2v) is 9.42. The van der Waals surface area contributed by atoms with Gasteiger partial charge >= 0.3 is 0 Å². The number of hydrogen-bond donors (Lipinski definition) is 4. The van der Waals surface area contributed by atoms with Crippen molar-refractivity contribution in [3.63, 3.8) is 0 Å². The fraction of sp³-hybridized carbons (Fsp3) is 0.545. The van der Waals surface area contributed by atoms with Crippen molar-refractivity contribution in [2.45, 2.75) is 63.6 Å². The minimum absolute atomic E-state index is 0.330. The van der Waals surface area contributed by atoms with Gasteiger partial charge in [-0.3, -0.25) is 5.10 Å². The molecule has 4 N–H and O–H groups in total. The SMILES string of the molecule is CC(C)c1cc(CNc2nc(Nc3cc(C4CC4)[nH]n3)cc(N3CC4CC3CN4)n2)on1. The van der Waals surface area contributed by atoms with E-state index in [0.29, 0.717) is 36.4 Å². The Kier molecular flexibility index (Phi) is 4.74. The van der Waals surface area contributed by atoms with Crippen molar-refractivity contribution in [1.82, 2.24) is 30.6 Å². The van der Waals surface area contributed by atoms with Crippen LogP contribution < -0.4 is 20.9 Å². The molecule has 32 heavy (non-hydrogen) atoms. The van der Waals surface area contributed by atoms with Crippen LogP contribution in [-0.4, -0.2) is 50.5 Å². The predicted molar refractivity (Wildman–Crippen MR) is 121 cm³/mol. The lowest BCUT2D eigenvalue weighted by Crippen LogP contribution is -2.44. The van der Waals surface area contributed by atoms with Crippen LogP contribution >= 0.6 is 0 Å². The first-order chi connectivity index (χ1) is 15.6. The number of nitrogens with one attached hydrogen (secondary N) is 4. The van der Waals surface area contributed by atoms with Crippen molar-refractivity contribution in [1.29, 1.82) is 0 Å². The van der Waals surface area contributed by atoms with E-state index in [1.54, 1.807) is 0 Å². The van der Waals surface area contributed by atoms with E-state index < -0.39 is 0 Å². The molecule has 0 aromatic carbocycles. The van der Waals surface area contributed by atoms with Crippen molar-refractivity contribution >= 4 is 23.4 Å². The lowest BCUT2D eigenvalue weighted by molar-refractivity contribution is 0.379. The van der Waals surface area contributed by atoms with E-state index in [2.05, 4.69) is 56.1 Å². The first kappa shape index (κ1) is 19.5. The molecule has 10 nitrogen and oxygen atoms in total. The monoisotopic (exact) mass is 435 g/mol. The first-order valence-corrected chi connectivity index (χ1v) is 11.5. The van der Waals surface area contributed by atoms with Crippen molar-refractivity contribution in [2.75, 3.05) is 28.6 Å². The van der Waals surface area contributed by atoms with Crippen LogP contribution in [0.3, 0.4) is 0 Å². The number of fused-ring (bicyclic) bond motifs is 2. The van der Waals surface area contributed by atoms with Gasteiger partial charge in [0.1, 0.15) is 11.6 Å². The van der Waals surface area contributed by atoms with Crippen LogP contribution in [0.25, 0.3) is 0 Å². The molecule has 3 aliphatic rings. The van der Waals surface area contributed by atoms with Crippen molar-refractivity contribution in [3.05, 3.63) is 35.3 Å². The zero-order valence-electron chi connectivity index (χ0n) is 18.4. The number of aromatic amines is 1. The maximum absolute atomic E-state index is 5.46. The number of H-pyrrole nitrogens is 1. The third-order valence-corrected chi connectivity index (χ3v) is 6.52. The van der Waals surface area contributed by atoms with E-state index in [1.807, 2.05) is 12.1 Å². The predicted octanol–water partition coefficient (Wildman–Crippen LogP) is 3.09. The summed E-state index contributed by atoms with van der Waals surface area (Å²) < 4.78 is 5.46. The highest BCUT2D eigenvalue weighted by Gasteiger charge is 2.38. The van der Waals surface area contributed by atoms with Gasteiger partial charge in [0.15, 0.2) is 11.6 Å². The van der Waals surface area contributed by atoms with Gasteiger partial charge in [-0.1, -0.05) is 19.0 Å². The van der Waals surface area contributed by atoms with E-state index in [0.717, 1.165) is 48.4 Å². The van der Waals surface area contributed by atoms with Gasteiger partial charge in [-0.2, -0.15) is 15.1 Å². The van der Waals surface area contributed by atoms with Crippen LogP contribution in [0.5, 0.6) is 0 Å². The van der Waals surface area contributed by atoms with E-state index in [-0.39, 0.29) is 0 Å². The van der Waals surface area contributed by atoms with Gasteiger partial charge in [-0.05, 0) is 25.2 Å². The highest BCUT2D eigenvalue weighted by atomic mass is 16.5. The molecule has 1 aliphatic carbocycles. The standard InChI is InChI=1S/C22H29N9O/c1-12(2)17-6-16(32-30-17)10-24-22-26-19(25-20-7-18(28-29-20)13-3-4-13)8-21(27-22)31-11-14-5-15(31)9-23-14/h6-8,12-15,23H,3-5,9-11H2,1-2H3,(H3,24,25,26,27,28,29). The average Bonchev–Trinajstić information content (AvgIpc) is 3.21. The van der Waals surface area contributed by atoms with Crippen LogP contribution in [0.1, 0.15) is 62.1 Å². The summed E-state index contributed by atoms with van der Waals surface area (Å²) in [5, 5.41) is 21.9. The number of nitrogens with zero attached hydrogens (tertiary/aromatic N) is 5. The molecule has 2 bridgehead atoms. The molecule has 3 aromatic rings. The van der Waals surface area contributed by atoms with Gasteiger partial charge in [0, 0.05) is 55.0 Å². The van der Waals surface area contributed by atoms with E-state index in [1.165, 1.54) is 18.5 Å². The van der Waals surface area contributed by atoms with Crippen molar-refractivity contribution < 1.29 is 4.52 Å². The molecule has 1 saturated carbocycles. The molecule has 3 fully saturated rings. The molecular weight excluding hydrogens is 406 g/mol. The third-order valence-electron chi connectivity index (χ3n) is 6.52. The second-order valence-electron chi connectivity index (χ2n) is 9.42. The number of hydrogen-bond acceptors (Lipinski definition) is 9. The summed E-state index contributed by atoms with van der Waals surface area (Å²) in [6.07, 6.45) is 3.63. The summed E-state index contributed by atoms with van der Waals surface area (Å²) in [7, 11) is 0. The second kappa shape index (κ2) is 7.77. The molecule has 3 aromatic heterocycles. The molecule has 0 amide bonds. The smallest absolute Gasteiger partial charge is 0.227 e. The lowest BCUT2D eigenvalue weighted by Gasteiger charge is -2.29. The molecule has 2 saturated heterocycles. The fourth-order valence-corrected chi connectivity index (χ4v) is 4.55. The number of aromatic nitrogens is 5. The Morgan fingerprint density at radius 3 is 2.81 bits per heavy atom. The molecule has 2 aliphatic heterocycles.